The monoisotopic (exact) mass is 220 g/mol. The molecular formula is C13H16O3. The molecule has 1 saturated carbocycles. The SMILES string of the molecule is COC(=O)C1CC(O)CC1c1ccccc1. The fraction of sp³-hybridized carbons (Fsp3) is 0.462. The van der Waals surface area contributed by atoms with Gasteiger partial charge in [0, 0.05) is 0 Å². The predicted octanol–water partition coefficient (Wildman–Crippen LogP) is 1.71. The van der Waals surface area contributed by atoms with Crippen LogP contribution in [0, 0.1) is 5.92 Å². The number of aliphatic hydroxyl groups excluding tert-OH is 1. The average Bonchev–Trinajstić information content (AvgIpc) is 2.71. The molecule has 0 aromatic heterocycles. The molecule has 0 saturated heterocycles. The fourth-order valence-electron chi connectivity index (χ4n) is 2.49. The van der Waals surface area contributed by atoms with Gasteiger partial charge in [-0.05, 0) is 24.3 Å². The Morgan fingerprint density at radius 1 is 1.31 bits per heavy atom. The van der Waals surface area contributed by atoms with Crippen LogP contribution in [0.15, 0.2) is 30.3 Å². The van der Waals surface area contributed by atoms with Crippen LogP contribution < -0.4 is 0 Å². The van der Waals surface area contributed by atoms with E-state index in [4.69, 9.17) is 4.74 Å². The molecule has 1 aliphatic carbocycles. The zero-order chi connectivity index (χ0) is 11.5. The van der Waals surface area contributed by atoms with Crippen LogP contribution in [0.5, 0.6) is 0 Å². The zero-order valence-corrected chi connectivity index (χ0v) is 9.30. The second kappa shape index (κ2) is 4.66. The highest BCUT2D eigenvalue weighted by molar-refractivity contribution is 5.74. The van der Waals surface area contributed by atoms with Gasteiger partial charge in [0.15, 0.2) is 0 Å². The number of ether oxygens (including phenoxy) is 1. The van der Waals surface area contributed by atoms with Crippen molar-refractivity contribution in [1.29, 1.82) is 0 Å². The van der Waals surface area contributed by atoms with Gasteiger partial charge in [0.1, 0.15) is 0 Å². The van der Waals surface area contributed by atoms with Crippen molar-refractivity contribution in [3.05, 3.63) is 35.9 Å². The average molecular weight is 220 g/mol. The van der Waals surface area contributed by atoms with Crippen LogP contribution in [0.3, 0.4) is 0 Å². The zero-order valence-electron chi connectivity index (χ0n) is 9.30. The molecule has 0 amide bonds. The van der Waals surface area contributed by atoms with Gasteiger partial charge in [-0.1, -0.05) is 30.3 Å². The normalized spacial score (nSPS) is 29.0. The molecule has 0 bridgehead atoms. The molecule has 1 aromatic carbocycles. The molecule has 3 atom stereocenters. The summed E-state index contributed by atoms with van der Waals surface area (Å²) in [6.07, 6.45) is 0.755. The Morgan fingerprint density at radius 3 is 2.62 bits per heavy atom. The molecule has 0 radical (unpaired) electrons. The lowest BCUT2D eigenvalue weighted by atomic mass is 9.89. The molecule has 2 rings (SSSR count). The molecule has 1 aromatic rings. The first-order valence-electron chi connectivity index (χ1n) is 5.53. The Bertz CT molecular complexity index is 361. The van der Waals surface area contributed by atoms with E-state index in [0.29, 0.717) is 12.8 Å². The van der Waals surface area contributed by atoms with Crippen LogP contribution in [-0.4, -0.2) is 24.3 Å². The van der Waals surface area contributed by atoms with Crippen LogP contribution in [0.2, 0.25) is 0 Å². The van der Waals surface area contributed by atoms with Crippen molar-refractivity contribution < 1.29 is 14.6 Å². The molecule has 86 valence electrons. The van der Waals surface area contributed by atoms with Crippen molar-refractivity contribution >= 4 is 5.97 Å². The van der Waals surface area contributed by atoms with E-state index in [1.165, 1.54) is 7.11 Å². The van der Waals surface area contributed by atoms with Gasteiger partial charge in [-0.3, -0.25) is 4.79 Å². The number of rotatable bonds is 2. The first-order valence-corrected chi connectivity index (χ1v) is 5.53. The van der Waals surface area contributed by atoms with E-state index in [1.54, 1.807) is 0 Å². The van der Waals surface area contributed by atoms with Crippen molar-refractivity contribution in [3.8, 4) is 0 Å². The van der Waals surface area contributed by atoms with Crippen LogP contribution in [0.1, 0.15) is 24.3 Å². The summed E-state index contributed by atoms with van der Waals surface area (Å²) in [6, 6.07) is 9.85. The first-order chi connectivity index (χ1) is 7.72. The van der Waals surface area contributed by atoms with Gasteiger partial charge in [-0.2, -0.15) is 0 Å². The topological polar surface area (TPSA) is 46.5 Å². The van der Waals surface area contributed by atoms with Crippen LogP contribution in [0.4, 0.5) is 0 Å². The summed E-state index contributed by atoms with van der Waals surface area (Å²) in [5.74, 6) is -0.337. The van der Waals surface area contributed by atoms with E-state index in [2.05, 4.69) is 0 Å². The van der Waals surface area contributed by atoms with Gasteiger partial charge in [-0.25, -0.2) is 0 Å². The lowest BCUT2D eigenvalue weighted by Gasteiger charge is -2.17. The smallest absolute Gasteiger partial charge is 0.309 e. The van der Waals surface area contributed by atoms with Gasteiger partial charge in [0.2, 0.25) is 0 Å². The van der Waals surface area contributed by atoms with E-state index in [1.807, 2.05) is 30.3 Å². The minimum Gasteiger partial charge on any atom is -0.469 e. The molecule has 1 fully saturated rings. The van der Waals surface area contributed by atoms with Crippen molar-refractivity contribution in [2.75, 3.05) is 7.11 Å². The third-order valence-corrected chi connectivity index (χ3v) is 3.27. The summed E-state index contributed by atoms with van der Waals surface area (Å²) in [4.78, 5) is 11.6. The van der Waals surface area contributed by atoms with E-state index in [0.717, 1.165) is 5.56 Å². The van der Waals surface area contributed by atoms with Gasteiger partial charge >= 0.3 is 5.97 Å². The molecule has 3 unspecified atom stereocenters. The predicted molar refractivity (Wildman–Crippen MR) is 59.9 cm³/mol. The summed E-state index contributed by atoms with van der Waals surface area (Å²) >= 11 is 0. The molecule has 3 heteroatoms. The van der Waals surface area contributed by atoms with E-state index in [9.17, 15) is 9.90 Å². The maximum Gasteiger partial charge on any atom is 0.309 e. The quantitative estimate of drug-likeness (QED) is 0.772. The van der Waals surface area contributed by atoms with Crippen molar-refractivity contribution in [1.82, 2.24) is 0 Å². The Labute approximate surface area is 95.0 Å². The number of hydrogen-bond donors (Lipinski definition) is 1. The Hall–Kier alpha value is -1.35. The van der Waals surface area contributed by atoms with Crippen molar-refractivity contribution in [2.24, 2.45) is 5.92 Å². The molecule has 0 spiro atoms. The molecular weight excluding hydrogens is 204 g/mol. The summed E-state index contributed by atoms with van der Waals surface area (Å²) in [5.41, 5.74) is 1.11. The molecule has 1 aliphatic rings. The molecule has 1 N–H and O–H groups in total. The van der Waals surface area contributed by atoms with Crippen molar-refractivity contribution in [2.45, 2.75) is 24.9 Å². The standard InChI is InChI=1S/C13H16O3/c1-16-13(15)12-8-10(14)7-11(12)9-5-3-2-4-6-9/h2-6,10-12,14H,7-8H2,1H3. The number of carbonyl (C=O) groups excluding carboxylic acids is 1. The molecule has 3 nitrogen and oxygen atoms in total. The van der Waals surface area contributed by atoms with Gasteiger partial charge in [0.05, 0.1) is 19.1 Å². The van der Waals surface area contributed by atoms with Crippen molar-refractivity contribution in [3.63, 3.8) is 0 Å². The molecule has 16 heavy (non-hydrogen) atoms. The van der Waals surface area contributed by atoms with E-state index >= 15 is 0 Å². The second-order valence-corrected chi connectivity index (χ2v) is 4.27. The number of methoxy groups -OCH3 is 1. The minimum atomic E-state index is -0.394. The molecule has 0 heterocycles. The maximum atomic E-state index is 11.6. The largest absolute Gasteiger partial charge is 0.469 e. The highest BCUT2D eigenvalue weighted by atomic mass is 16.5. The second-order valence-electron chi connectivity index (χ2n) is 4.27. The summed E-state index contributed by atoms with van der Waals surface area (Å²) in [5, 5.41) is 9.67. The highest BCUT2D eigenvalue weighted by Gasteiger charge is 2.39. The Morgan fingerprint density at radius 2 is 2.00 bits per heavy atom. The van der Waals surface area contributed by atoms with Crippen LogP contribution in [0.25, 0.3) is 0 Å². The van der Waals surface area contributed by atoms with E-state index in [-0.39, 0.29) is 17.8 Å². The van der Waals surface area contributed by atoms with E-state index < -0.39 is 6.10 Å². The third-order valence-electron chi connectivity index (χ3n) is 3.27. The lowest BCUT2D eigenvalue weighted by molar-refractivity contribution is -0.145. The number of esters is 1. The maximum absolute atomic E-state index is 11.6. The molecule has 0 aliphatic heterocycles. The number of benzene rings is 1. The van der Waals surface area contributed by atoms with Gasteiger partial charge < -0.3 is 9.84 Å². The minimum absolute atomic E-state index is 0.0867. The number of hydrogen-bond acceptors (Lipinski definition) is 3. The Kier molecular flexibility index (Phi) is 3.25. The lowest BCUT2D eigenvalue weighted by Crippen LogP contribution is -2.19. The number of aliphatic hydroxyl groups is 1. The van der Waals surface area contributed by atoms with Crippen LogP contribution in [-0.2, 0) is 9.53 Å². The third kappa shape index (κ3) is 2.09. The first kappa shape index (κ1) is 11.1. The summed E-state index contributed by atoms with van der Waals surface area (Å²) < 4.78 is 4.78. The summed E-state index contributed by atoms with van der Waals surface area (Å²) in [7, 11) is 1.40. The number of carbonyl (C=O) groups is 1. The Balaban J connectivity index is 2.22. The summed E-state index contributed by atoms with van der Waals surface area (Å²) in [6.45, 7) is 0. The fourth-order valence-corrected chi connectivity index (χ4v) is 2.49. The highest BCUT2D eigenvalue weighted by Crippen LogP contribution is 2.40. The van der Waals surface area contributed by atoms with Gasteiger partial charge in [0.25, 0.3) is 0 Å². The van der Waals surface area contributed by atoms with Gasteiger partial charge in [-0.15, -0.1) is 0 Å². The van der Waals surface area contributed by atoms with Crippen LogP contribution >= 0.6 is 0 Å².